The van der Waals surface area contributed by atoms with Gasteiger partial charge in [0.15, 0.2) is 5.82 Å². The van der Waals surface area contributed by atoms with Gasteiger partial charge in [-0.2, -0.15) is 0 Å². The van der Waals surface area contributed by atoms with Crippen LogP contribution in [-0.2, 0) is 4.79 Å². The monoisotopic (exact) mass is 418 g/mol. The zero-order valence-electron chi connectivity index (χ0n) is 16.2. The van der Waals surface area contributed by atoms with Crippen LogP contribution in [0.4, 0.5) is 10.1 Å². The highest BCUT2D eigenvalue weighted by Crippen LogP contribution is 2.25. The Labute approximate surface area is 178 Å². The van der Waals surface area contributed by atoms with Crippen LogP contribution in [0.3, 0.4) is 0 Å². The number of halogens is 1. The topological polar surface area (TPSA) is 59.8 Å². The summed E-state index contributed by atoms with van der Waals surface area (Å²) < 4.78 is 15.0. The van der Waals surface area contributed by atoms with Crippen molar-refractivity contribution in [3.05, 3.63) is 90.2 Å². The van der Waals surface area contributed by atoms with Gasteiger partial charge in [-0.05, 0) is 42.8 Å². The molecule has 1 N–H and O–H groups in total. The van der Waals surface area contributed by atoms with E-state index >= 15 is 0 Å². The highest BCUT2D eigenvalue weighted by atomic mass is 32.2. The van der Waals surface area contributed by atoms with E-state index in [1.165, 1.54) is 23.9 Å². The fourth-order valence-electron chi connectivity index (χ4n) is 2.96. The van der Waals surface area contributed by atoms with Gasteiger partial charge in [-0.3, -0.25) is 4.79 Å². The molecule has 0 aliphatic rings. The molecule has 150 valence electrons. The molecule has 0 aliphatic carbocycles. The molecule has 0 saturated heterocycles. The smallest absolute Gasteiger partial charge is 0.234 e. The lowest BCUT2D eigenvalue weighted by Gasteiger charge is -2.07. The highest BCUT2D eigenvalue weighted by molar-refractivity contribution is 7.99. The molecular weight excluding hydrogens is 399 g/mol. The second-order valence-corrected chi connectivity index (χ2v) is 7.57. The summed E-state index contributed by atoms with van der Waals surface area (Å²) >= 11 is 1.25. The van der Waals surface area contributed by atoms with Crippen LogP contribution in [0.15, 0.2) is 84.0 Å². The van der Waals surface area contributed by atoms with E-state index in [0.717, 1.165) is 11.3 Å². The largest absolute Gasteiger partial charge is 0.325 e. The number of carbonyl (C=O) groups excluding carboxylic acids is 1. The van der Waals surface area contributed by atoms with Crippen molar-refractivity contribution in [1.29, 1.82) is 0 Å². The summed E-state index contributed by atoms with van der Waals surface area (Å²) in [4.78, 5) is 17.0. The van der Waals surface area contributed by atoms with Gasteiger partial charge >= 0.3 is 0 Å². The van der Waals surface area contributed by atoms with E-state index in [-0.39, 0.29) is 17.5 Å². The first-order valence-corrected chi connectivity index (χ1v) is 10.4. The van der Waals surface area contributed by atoms with Gasteiger partial charge < -0.3 is 5.32 Å². The van der Waals surface area contributed by atoms with Gasteiger partial charge in [0.05, 0.1) is 11.4 Å². The van der Waals surface area contributed by atoms with Crippen molar-refractivity contribution in [1.82, 2.24) is 14.8 Å². The molecule has 4 aromatic rings. The van der Waals surface area contributed by atoms with E-state index in [1.807, 2.05) is 60.7 Å². The summed E-state index contributed by atoms with van der Waals surface area (Å²) in [5, 5.41) is 7.91. The Kier molecular flexibility index (Phi) is 5.90. The number of carbonyl (C=O) groups is 1. The second kappa shape index (κ2) is 8.92. The number of thioether (sulfide) groups is 1. The normalized spacial score (nSPS) is 10.7. The van der Waals surface area contributed by atoms with Crippen molar-refractivity contribution < 1.29 is 9.18 Å². The zero-order valence-corrected chi connectivity index (χ0v) is 17.1. The molecule has 7 heteroatoms. The Morgan fingerprint density at radius 2 is 1.73 bits per heavy atom. The first kappa shape index (κ1) is 19.8. The van der Waals surface area contributed by atoms with E-state index in [1.54, 1.807) is 17.7 Å². The van der Waals surface area contributed by atoms with E-state index in [0.29, 0.717) is 22.2 Å². The lowest BCUT2D eigenvalue weighted by atomic mass is 10.2. The maximum atomic E-state index is 13.2. The highest BCUT2D eigenvalue weighted by Gasteiger charge is 2.15. The average molecular weight is 418 g/mol. The number of hydrogen-bond acceptors (Lipinski definition) is 4. The molecule has 1 aromatic heterocycles. The minimum atomic E-state index is -0.330. The standard InChI is InChI=1S/C23H19FN4OS/c1-16-14-18(24)12-13-20(16)25-21(29)15-30-23-26-22(17-8-4-2-5-9-17)28(27-23)19-10-6-3-7-11-19/h2-14H,15H2,1H3,(H,25,29). The average Bonchev–Trinajstić information content (AvgIpc) is 3.20. The van der Waals surface area contributed by atoms with Crippen LogP contribution in [-0.4, -0.2) is 26.4 Å². The molecule has 0 saturated carbocycles. The predicted molar refractivity (Wildman–Crippen MR) is 117 cm³/mol. The molecule has 0 radical (unpaired) electrons. The maximum absolute atomic E-state index is 13.2. The maximum Gasteiger partial charge on any atom is 0.234 e. The van der Waals surface area contributed by atoms with Crippen LogP contribution in [0, 0.1) is 12.7 Å². The molecule has 1 heterocycles. The Hall–Kier alpha value is -3.45. The Morgan fingerprint density at radius 1 is 1.03 bits per heavy atom. The number of nitrogens with zero attached hydrogens (tertiary/aromatic N) is 3. The van der Waals surface area contributed by atoms with E-state index in [2.05, 4.69) is 15.4 Å². The Bertz CT molecular complexity index is 1110. The summed E-state index contributed by atoms with van der Waals surface area (Å²) in [6, 6.07) is 23.8. The third-order valence-corrected chi connectivity index (χ3v) is 5.25. The van der Waals surface area contributed by atoms with Gasteiger partial charge in [0.25, 0.3) is 0 Å². The molecule has 1 amide bonds. The predicted octanol–water partition coefficient (Wildman–Crippen LogP) is 5.11. The quantitative estimate of drug-likeness (QED) is 0.442. The number of rotatable bonds is 6. The minimum absolute atomic E-state index is 0.143. The van der Waals surface area contributed by atoms with Crippen LogP contribution in [0.25, 0.3) is 17.1 Å². The van der Waals surface area contributed by atoms with Crippen LogP contribution in [0.5, 0.6) is 0 Å². The second-order valence-electron chi connectivity index (χ2n) is 6.63. The van der Waals surface area contributed by atoms with Crippen molar-refractivity contribution in [3.63, 3.8) is 0 Å². The fraction of sp³-hybridized carbons (Fsp3) is 0.0870. The Morgan fingerprint density at radius 3 is 2.43 bits per heavy atom. The first-order chi connectivity index (χ1) is 14.6. The molecule has 0 unspecified atom stereocenters. The molecule has 30 heavy (non-hydrogen) atoms. The van der Waals surface area contributed by atoms with Gasteiger partial charge in [-0.15, -0.1) is 5.10 Å². The third-order valence-electron chi connectivity index (χ3n) is 4.42. The molecule has 0 atom stereocenters. The van der Waals surface area contributed by atoms with E-state index in [9.17, 15) is 9.18 Å². The number of hydrogen-bond donors (Lipinski definition) is 1. The van der Waals surface area contributed by atoms with Crippen molar-refractivity contribution in [3.8, 4) is 17.1 Å². The van der Waals surface area contributed by atoms with Gasteiger partial charge in [0.1, 0.15) is 5.82 Å². The van der Waals surface area contributed by atoms with Gasteiger partial charge in [-0.1, -0.05) is 60.3 Å². The number of anilines is 1. The summed E-state index contributed by atoms with van der Waals surface area (Å²) in [6.07, 6.45) is 0. The van der Waals surface area contributed by atoms with Crippen molar-refractivity contribution in [2.75, 3.05) is 11.1 Å². The molecule has 0 bridgehead atoms. The lowest BCUT2D eigenvalue weighted by molar-refractivity contribution is -0.113. The van der Waals surface area contributed by atoms with Crippen molar-refractivity contribution >= 4 is 23.4 Å². The zero-order chi connectivity index (χ0) is 20.9. The number of aryl methyl sites for hydroxylation is 1. The third kappa shape index (κ3) is 4.58. The van der Waals surface area contributed by atoms with Gasteiger partial charge in [-0.25, -0.2) is 14.1 Å². The van der Waals surface area contributed by atoms with Crippen molar-refractivity contribution in [2.45, 2.75) is 12.1 Å². The van der Waals surface area contributed by atoms with E-state index in [4.69, 9.17) is 0 Å². The molecular formula is C23H19FN4OS. The SMILES string of the molecule is Cc1cc(F)ccc1NC(=O)CSc1nc(-c2ccccc2)n(-c2ccccc2)n1. The number of para-hydroxylation sites is 1. The van der Waals surface area contributed by atoms with Crippen LogP contribution >= 0.6 is 11.8 Å². The van der Waals surface area contributed by atoms with Crippen molar-refractivity contribution in [2.24, 2.45) is 0 Å². The number of aromatic nitrogens is 3. The minimum Gasteiger partial charge on any atom is -0.325 e. The molecule has 3 aromatic carbocycles. The first-order valence-electron chi connectivity index (χ1n) is 9.37. The summed E-state index contributed by atoms with van der Waals surface area (Å²) in [7, 11) is 0. The number of nitrogens with one attached hydrogen (secondary N) is 1. The number of amides is 1. The number of benzene rings is 3. The molecule has 0 spiro atoms. The Balaban J connectivity index is 1.53. The van der Waals surface area contributed by atoms with Crippen LogP contribution < -0.4 is 5.32 Å². The summed E-state index contributed by atoms with van der Waals surface area (Å²) in [6.45, 7) is 1.75. The van der Waals surface area contributed by atoms with Gasteiger partial charge in [0, 0.05) is 11.3 Å². The summed E-state index contributed by atoms with van der Waals surface area (Å²) in [5.74, 6) is 0.319. The fourth-order valence-corrected chi connectivity index (χ4v) is 3.58. The molecule has 4 rings (SSSR count). The lowest BCUT2D eigenvalue weighted by Crippen LogP contribution is -2.15. The van der Waals surface area contributed by atoms with Crippen LogP contribution in [0.1, 0.15) is 5.56 Å². The molecule has 0 aliphatic heterocycles. The molecule has 0 fully saturated rings. The molecule has 5 nitrogen and oxygen atoms in total. The summed E-state index contributed by atoms with van der Waals surface area (Å²) in [5.41, 5.74) is 3.09. The van der Waals surface area contributed by atoms with E-state index < -0.39 is 0 Å². The van der Waals surface area contributed by atoms with Crippen LogP contribution in [0.2, 0.25) is 0 Å². The van der Waals surface area contributed by atoms with Gasteiger partial charge in [0.2, 0.25) is 11.1 Å².